The fourth-order valence-corrected chi connectivity index (χ4v) is 2.81. The molecule has 25 heavy (non-hydrogen) atoms. The highest BCUT2D eigenvalue weighted by Gasteiger charge is 2.25. The maximum absolute atomic E-state index is 10.9. The summed E-state index contributed by atoms with van der Waals surface area (Å²) in [6, 6.07) is 8.25. The van der Waals surface area contributed by atoms with Crippen molar-refractivity contribution in [3.8, 4) is 5.75 Å². The number of carbonyl (C=O) groups is 1. The number of esters is 1. The van der Waals surface area contributed by atoms with E-state index in [0.717, 1.165) is 11.8 Å². The van der Waals surface area contributed by atoms with Gasteiger partial charge in [0.25, 0.3) is 0 Å². The fourth-order valence-electron chi connectivity index (χ4n) is 2.81. The van der Waals surface area contributed by atoms with Crippen molar-refractivity contribution in [3.63, 3.8) is 0 Å². The summed E-state index contributed by atoms with van der Waals surface area (Å²) in [6.07, 6.45) is 3.06. The van der Waals surface area contributed by atoms with Gasteiger partial charge in [-0.3, -0.25) is 0 Å². The highest BCUT2D eigenvalue weighted by atomic mass is 16.7. The smallest absolute Gasteiger partial charge is 0.330 e. The van der Waals surface area contributed by atoms with Gasteiger partial charge < -0.3 is 14.2 Å². The molecule has 1 rings (SSSR count). The molecule has 1 aromatic rings. The minimum absolute atomic E-state index is 0.182. The first kappa shape index (κ1) is 21.2. The molecule has 0 spiro atoms. The second-order valence-electron chi connectivity index (χ2n) is 7.20. The maximum Gasteiger partial charge on any atom is 0.330 e. The molecule has 0 radical (unpaired) electrons. The number of benzene rings is 1. The molecular formula is C21H32O4. The number of carbonyl (C=O) groups excluding carboxylic acids is 1. The molecule has 140 valence electrons. The van der Waals surface area contributed by atoms with Gasteiger partial charge in [-0.2, -0.15) is 0 Å². The van der Waals surface area contributed by atoms with Crippen LogP contribution in [-0.4, -0.2) is 25.5 Å². The Kier molecular flexibility index (Phi) is 8.70. The van der Waals surface area contributed by atoms with Gasteiger partial charge in [0.1, 0.15) is 12.4 Å². The summed E-state index contributed by atoms with van der Waals surface area (Å²) >= 11 is 0. The maximum atomic E-state index is 10.9. The van der Waals surface area contributed by atoms with Crippen molar-refractivity contribution in [2.24, 2.45) is 5.41 Å². The lowest BCUT2D eigenvalue weighted by Crippen LogP contribution is -2.20. The van der Waals surface area contributed by atoms with Gasteiger partial charge in [-0.25, -0.2) is 4.79 Å². The van der Waals surface area contributed by atoms with Crippen LogP contribution in [-0.2, 0) is 14.3 Å². The monoisotopic (exact) mass is 348 g/mol. The number of hydrogen-bond donors (Lipinski definition) is 0. The quantitative estimate of drug-likeness (QED) is 0.256. The summed E-state index contributed by atoms with van der Waals surface area (Å²) in [5.41, 5.74) is 1.57. The first-order chi connectivity index (χ1) is 11.8. The predicted molar refractivity (Wildman–Crippen MR) is 101 cm³/mol. The Morgan fingerprint density at radius 2 is 1.84 bits per heavy atom. The second kappa shape index (κ2) is 10.2. The molecular weight excluding hydrogens is 316 g/mol. The van der Waals surface area contributed by atoms with Crippen molar-refractivity contribution in [3.05, 3.63) is 42.5 Å². The zero-order valence-electron chi connectivity index (χ0n) is 16.2. The first-order valence-electron chi connectivity index (χ1n) is 8.95. The van der Waals surface area contributed by atoms with E-state index in [0.29, 0.717) is 5.92 Å². The first-order valence-corrected chi connectivity index (χ1v) is 8.95. The predicted octanol–water partition coefficient (Wildman–Crippen LogP) is 5.09. The Labute approximate surface area is 152 Å². The lowest BCUT2D eigenvalue weighted by Gasteiger charge is -2.31. The van der Waals surface area contributed by atoms with Crippen molar-refractivity contribution in [2.75, 3.05) is 13.2 Å². The van der Waals surface area contributed by atoms with Crippen molar-refractivity contribution in [1.29, 1.82) is 0 Å². The highest BCUT2D eigenvalue weighted by molar-refractivity contribution is 5.81. The molecule has 1 aromatic carbocycles. The van der Waals surface area contributed by atoms with Gasteiger partial charge in [-0.05, 0) is 42.4 Å². The summed E-state index contributed by atoms with van der Waals surface area (Å²) in [6.45, 7) is 14.7. The van der Waals surface area contributed by atoms with Gasteiger partial charge >= 0.3 is 5.97 Å². The third-order valence-electron chi connectivity index (χ3n) is 4.05. The van der Waals surface area contributed by atoms with Gasteiger partial charge in [-0.1, -0.05) is 52.8 Å². The van der Waals surface area contributed by atoms with Crippen LogP contribution in [0.2, 0.25) is 0 Å². The van der Waals surface area contributed by atoms with Crippen LogP contribution in [0.5, 0.6) is 5.75 Å². The van der Waals surface area contributed by atoms with Crippen LogP contribution < -0.4 is 4.74 Å². The van der Waals surface area contributed by atoms with E-state index in [9.17, 15) is 4.79 Å². The number of rotatable bonds is 10. The molecule has 0 saturated carbocycles. The molecule has 0 bridgehead atoms. The minimum atomic E-state index is -0.451. The number of ether oxygens (including phenoxy) is 3. The van der Waals surface area contributed by atoms with E-state index in [2.05, 4.69) is 46.4 Å². The molecule has 0 aromatic heterocycles. The largest absolute Gasteiger partial charge is 0.465 e. The van der Waals surface area contributed by atoms with Crippen molar-refractivity contribution < 1.29 is 19.0 Å². The van der Waals surface area contributed by atoms with Crippen molar-refractivity contribution in [1.82, 2.24) is 0 Å². The summed E-state index contributed by atoms with van der Waals surface area (Å²) in [7, 11) is 0. The van der Waals surface area contributed by atoms with E-state index in [1.807, 2.05) is 19.1 Å². The van der Waals surface area contributed by atoms with E-state index in [1.165, 1.54) is 18.4 Å². The SMILES string of the molecule is C=CC(=O)OCCOC(C)Oc1ccc(C(CCC)C(C)(C)C)cc1. The summed E-state index contributed by atoms with van der Waals surface area (Å²) in [5.74, 6) is 0.844. The Balaban J connectivity index is 2.52. The molecule has 0 fully saturated rings. The lowest BCUT2D eigenvalue weighted by atomic mass is 9.74. The fraction of sp³-hybridized carbons (Fsp3) is 0.571. The van der Waals surface area contributed by atoms with Crippen LogP contribution in [0.1, 0.15) is 58.9 Å². The molecule has 0 N–H and O–H groups in total. The third-order valence-corrected chi connectivity index (χ3v) is 4.05. The molecule has 0 aliphatic carbocycles. The molecule has 0 amide bonds. The van der Waals surface area contributed by atoms with E-state index in [1.54, 1.807) is 0 Å². The van der Waals surface area contributed by atoms with Crippen LogP contribution in [0.15, 0.2) is 36.9 Å². The van der Waals surface area contributed by atoms with Crippen molar-refractivity contribution in [2.45, 2.75) is 59.7 Å². The van der Waals surface area contributed by atoms with Gasteiger partial charge in [0.05, 0.1) is 6.61 Å². The molecule has 0 saturated heterocycles. The van der Waals surface area contributed by atoms with Gasteiger partial charge in [0, 0.05) is 6.08 Å². The Bertz CT molecular complexity index is 528. The summed E-state index contributed by atoms with van der Waals surface area (Å²) in [4.78, 5) is 10.9. The summed E-state index contributed by atoms with van der Waals surface area (Å²) < 4.78 is 16.1. The highest BCUT2D eigenvalue weighted by Crippen LogP contribution is 2.38. The second-order valence-corrected chi connectivity index (χ2v) is 7.20. The van der Waals surface area contributed by atoms with E-state index < -0.39 is 12.3 Å². The zero-order chi connectivity index (χ0) is 18.9. The van der Waals surface area contributed by atoms with Crippen LogP contribution in [0.4, 0.5) is 0 Å². The molecule has 2 unspecified atom stereocenters. The molecule has 4 heteroatoms. The Morgan fingerprint density at radius 1 is 1.20 bits per heavy atom. The molecule has 0 aliphatic rings. The van der Waals surface area contributed by atoms with E-state index in [-0.39, 0.29) is 18.6 Å². The number of hydrogen-bond acceptors (Lipinski definition) is 4. The normalized spacial score (nSPS) is 13.8. The lowest BCUT2D eigenvalue weighted by molar-refractivity contribution is -0.142. The van der Waals surface area contributed by atoms with Crippen LogP contribution in [0, 0.1) is 5.41 Å². The van der Waals surface area contributed by atoms with Gasteiger partial charge in [0.15, 0.2) is 6.29 Å². The minimum Gasteiger partial charge on any atom is -0.465 e. The molecule has 0 heterocycles. The topological polar surface area (TPSA) is 44.8 Å². The average molecular weight is 348 g/mol. The van der Waals surface area contributed by atoms with Crippen molar-refractivity contribution >= 4 is 5.97 Å². The van der Waals surface area contributed by atoms with E-state index in [4.69, 9.17) is 14.2 Å². The van der Waals surface area contributed by atoms with Crippen LogP contribution >= 0.6 is 0 Å². The van der Waals surface area contributed by atoms with E-state index >= 15 is 0 Å². The standard InChI is InChI=1S/C21H32O4/c1-7-9-19(21(4,5)6)17-10-12-18(13-11-17)25-16(3)23-14-15-24-20(22)8-2/h8,10-13,16,19H,2,7,9,14-15H2,1,3-6H3. The van der Waals surface area contributed by atoms with Gasteiger partial charge in [0.2, 0.25) is 0 Å². The molecule has 4 nitrogen and oxygen atoms in total. The molecule has 0 aliphatic heterocycles. The average Bonchev–Trinajstić information content (AvgIpc) is 2.56. The van der Waals surface area contributed by atoms with Gasteiger partial charge in [-0.15, -0.1) is 0 Å². The third kappa shape index (κ3) is 7.74. The van der Waals surface area contributed by atoms with Crippen LogP contribution in [0.25, 0.3) is 0 Å². The zero-order valence-corrected chi connectivity index (χ0v) is 16.2. The summed E-state index contributed by atoms with van der Waals surface area (Å²) in [5, 5.41) is 0. The van der Waals surface area contributed by atoms with Crippen LogP contribution in [0.3, 0.4) is 0 Å². The molecule has 2 atom stereocenters. The Morgan fingerprint density at radius 3 is 2.36 bits per heavy atom. The Hall–Kier alpha value is -1.81.